The lowest BCUT2D eigenvalue weighted by atomic mass is 9.90. The first-order chi connectivity index (χ1) is 13.1. The lowest BCUT2D eigenvalue weighted by molar-refractivity contribution is -0.130. The number of carbonyl (C=O) groups is 2. The first-order valence-electron chi connectivity index (χ1n) is 9.19. The average Bonchev–Trinajstić information content (AvgIpc) is 2.95. The molecule has 6 heteroatoms. The van der Waals surface area contributed by atoms with Gasteiger partial charge in [0.2, 0.25) is 5.91 Å². The Morgan fingerprint density at radius 2 is 1.70 bits per heavy atom. The van der Waals surface area contributed by atoms with Crippen LogP contribution < -0.4 is 10.4 Å². The molecule has 2 aromatic rings. The predicted molar refractivity (Wildman–Crippen MR) is 104 cm³/mol. The van der Waals surface area contributed by atoms with E-state index in [1.54, 1.807) is 12.4 Å². The van der Waals surface area contributed by atoms with Crippen LogP contribution in [0.2, 0.25) is 0 Å². The molecule has 1 heterocycles. The number of rotatable bonds is 4. The van der Waals surface area contributed by atoms with Crippen LogP contribution in [0.3, 0.4) is 0 Å². The molecule has 2 N–H and O–H groups in total. The second kappa shape index (κ2) is 8.68. The number of nitrogens with zero attached hydrogens (tertiary/aromatic N) is 2. The van der Waals surface area contributed by atoms with Gasteiger partial charge in [0.05, 0.1) is 5.92 Å². The van der Waals surface area contributed by atoms with Crippen LogP contribution in [0.4, 0.5) is 5.69 Å². The van der Waals surface area contributed by atoms with Crippen LogP contribution in [0.25, 0.3) is 0 Å². The number of hydrogen-bond acceptors (Lipinski definition) is 4. The molecule has 6 nitrogen and oxygen atoms in total. The van der Waals surface area contributed by atoms with Gasteiger partial charge in [0.1, 0.15) is 0 Å². The maximum absolute atomic E-state index is 12.4. The molecule has 2 aromatic carbocycles. The first-order valence-corrected chi connectivity index (χ1v) is 9.19. The molecule has 142 valence electrons. The van der Waals surface area contributed by atoms with Crippen molar-refractivity contribution < 1.29 is 14.8 Å². The summed E-state index contributed by atoms with van der Waals surface area (Å²) < 4.78 is 0. The predicted octanol–water partition coefficient (Wildman–Crippen LogP) is 2.38. The molecule has 0 aromatic heterocycles. The van der Waals surface area contributed by atoms with Gasteiger partial charge in [-0.2, -0.15) is 0 Å². The van der Waals surface area contributed by atoms with Crippen LogP contribution in [-0.2, 0) is 9.59 Å². The van der Waals surface area contributed by atoms with Crippen molar-refractivity contribution in [3.05, 3.63) is 65.7 Å². The third-order valence-corrected chi connectivity index (χ3v) is 5.02. The Bertz CT molecular complexity index is 794. The zero-order valence-corrected chi connectivity index (χ0v) is 15.5. The Hall–Kier alpha value is -2.86. The van der Waals surface area contributed by atoms with Gasteiger partial charge in [0.15, 0.2) is 0 Å². The van der Waals surface area contributed by atoms with Gasteiger partial charge in [-0.25, -0.2) is 5.48 Å². The van der Waals surface area contributed by atoms with E-state index in [1.165, 1.54) is 0 Å². The van der Waals surface area contributed by atoms with Crippen molar-refractivity contribution in [3.63, 3.8) is 0 Å². The van der Waals surface area contributed by atoms with E-state index in [4.69, 9.17) is 0 Å². The van der Waals surface area contributed by atoms with E-state index in [0.29, 0.717) is 6.54 Å². The molecule has 1 fully saturated rings. The van der Waals surface area contributed by atoms with E-state index in [9.17, 15) is 14.8 Å². The lowest BCUT2D eigenvalue weighted by Gasteiger charge is -2.25. The summed E-state index contributed by atoms with van der Waals surface area (Å²) in [5.74, 6) is -0.942. The van der Waals surface area contributed by atoms with Crippen molar-refractivity contribution in [3.8, 4) is 0 Å². The number of carbonyl (C=O) groups excluding carboxylic acids is 2. The van der Waals surface area contributed by atoms with Gasteiger partial charge >= 0.3 is 0 Å². The zero-order valence-electron chi connectivity index (χ0n) is 15.5. The van der Waals surface area contributed by atoms with E-state index in [2.05, 4.69) is 4.90 Å². The van der Waals surface area contributed by atoms with Gasteiger partial charge in [-0.15, -0.1) is 0 Å². The summed E-state index contributed by atoms with van der Waals surface area (Å²) >= 11 is 0. The molecular weight excluding hydrogens is 342 g/mol. The fraction of sp³-hybridized carbons (Fsp3) is 0.333. The molecule has 1 saturated heterocycles. The zero-order chi connectivity index (χ0) is 19.2. The van der Waals surface area contributed by atoms with E-state index in [-0.39, 0.29) is 5.91 Å². The van der Waals surface area contributed by atoms with Gasteiger partial charge in [0, 0.05) is 38.8 Å². The minimum atomic E-state index is -0.586. The second-order valence-electron chi connectivity index (χ2n) is 6.76. The summed E-state index contributed by atoms with van der Waals surface area (Å²) in [6.45, 7) is 4.68. The summed E-state index contributed by atoms with van der Waals surface area (Å²) in [6.07, 6.45) is 0.906. The Labute approximate surface area is 159 Å². The fourth-order valence-corrected chi connectivity index (χ4v) is 3.60. The molecule has 1 aliphatic heterocycles. The maximum atomic E-state index is 12.4. The summed E-state index contributed by atoms with van der Waals surface area (Å²) in [6, 6.07) is 17.2. The normalized spacial score (nSPS) is 15.8. The van der Waals surface area contributed by atoms with Gasteiger partial charge in [0.25, 0.3) is 5.91 Å². The van der Waals surface area contributed by atoms with Gasteiger partial charge in [-0.1, -0.05) is 42.5 Å². The Morgan fingerprint density at radius 1 is 0.963 bits per heavy atom. The molecule has 0 bridgehead atoms. The van der Waals surface area contributed by atoms with Crippen molar-refractivity contribution in [2.75, 3.05) is 31.1 Å². The minimum Gasteiger partial charge on any atom is -0.370 e. The SMILES string of the molecule is CC(=O)N1CCCN(c2cccc(C(C(=O)NO)c3ccccc3)c2)CC1. The molecule has 1 unspecified atom stereocenters. The summed E-state index contributed by atoms with van der Waals surface area (Å²) in [5, 5.41) is 9.22. The molecule has 0 radical (unpaired) electrons. The number of benzene rings is 2. The number of anilines is 1. The van der Waals surface area contributed by atoms with Crippen LogP contribution in [0.5, 0.6) is 0 Å². The average molecular weight is 367 g/mol. The van der Waals surface area contributed by atoms with Crippen molar-refractivity contribution in [2.24, 2.45) is 0 Å². The third-order valence-electron chi connectivity index (χ3n) is 5.02. The van der Waals surface area contributed by atoms with E-state index in [1.807, 2.05) is 59.5 Å². The van der Waals surface area contributed by atoms with Gasteiger partial charge < -0.3 is 9.80 Å². The standard InChI is InChI=1S/C21H25N3O3/c1-16(25)23-11-6-12-24(14-13-23)19-10-5-9-18(15-19)20(21(26)22-27)17-7-3-2-4-8-17/h2-5,7-10,15,20,27H,6,11-14H2,1H3,(H,22,26). The molecule has 3 rings (SSSR count). The quantitative estimate of drug-likeness (QED) is 0.643. The summed E-state index contributed by atoms with van der Waals surface area (Å²) in [7, 11) is 0. The lowest BCUT2D eigenvalue weighted by Crippen LogP contribution is -2.33. The molecule has 27 heavy (non-hydrogen) atoms. The highest BCUT2D eigenvalue weighted by atomic mass is 16.5. The topological polar surface area (TPSA) is 72.9 Å². The van der Waals surface area contributed by atoms with E-state index >= 15 is 0 Å². The van der Waals surface area contributed by atoms with Crippen LogP contribution >= 0.6 is 0 Å². The highest BCUT2D eigenvalue weighted by Gasteiger charge is 2.24. The number of hydroxylamine groups is 1. The number of amides is 2. The van der Waals surface area contributed by atoms with E-state index in [0.717, 1.165) is 42.9 Å². The van der Waals surface area contributed by atoms with E-state index < -0.39 is 11.8 Å². The second-order valence-corrected chi connectivity index (χ2v) is 6.76. The van der Waals surface area contributed by atoms with Gasteiger partial charge in [-0.05, 0) is 29.7 Å². The van der Waals surface area contributed by atoms with Crippen LogP contribution in [0, 0.1) is 0 Å². The van der Waals surface area contributed by atoms with Crippen molar-refractivity contribution in [1.82, 2.24) is 10.4 Å². The Kier molecular flexibility index (Phi) is 6.08. The molecule has 0 saturated carbocycles. The highest BCUT2D eigenvalue weighted by molar-refractivity contribution is 5.86. The Balaban J connectivity index is 1.87. The fourth-order valence-electron chi connectivity index (χ4n) is 3.60. The van der Waals surface area contributed by atoms with Gasteiger partial charge in [-0.3, -0.25) is 14.8 Å². The van der Waals surface area contributed by atoms with Crippen molar-refractivity contribution in [2.45, 2.75) is 19.3 Å². The minimum absolute atomic E-state index is 0.106. The van der Waals surface area contributed by atoms with Crippen LogP contribution in [0.1, 0.15) is 30.4 Å². The maximum Gasteiger partial charge on any atom is 0.255 e. The highest BCUT2D eigenvalue weighted by Crippen LogP contribution is 2.28. The number of hydrogen-bond donors (Lipinski definition) is 2. The first kappa shape index (κ1) is 18.9. The number of nitrogens with one attached hydrogen (secondary N) is 1. The molecule has 1 aliphatic rings. The van der Waals surface area contributed by atoms with Crippen LogP contribution in [0.15, 0.2) is 54.6 Å². The molecular formula is C21H25N3O3. The molecule has 1 atom stereocenters. The third kappa shape index (κ3) is 4.46. The van der Waals surface area contributed by atoms with Crippen molar-refractivity contribution >= 4 is 17.5 Å². The van der Waals surface area contributed by atoms with Crippen molar-refractivity contribution in [1.29, 1.82) is 0 Å². The Morgan fingerprint density at radius 3 is 2.41 bits per heavy atom. The monoisotopic (exact) mass is 367 g/mol. The molecule has 0 spiro atoms. The smallest absolute Gasteiger partial charge is 0.255 e. The molecule has 0 aliphatic carbocycles. The summed E-state index contributed by atoms with van der Waals surface area (Å²) in [5.41, 5.74) is 4.45. The largest absolute Gasteiger partial charge is 0.370 e. The molecule has 2 amide bonds. The van der Waals surface area contributed by atoms with Crippen LogP contribution in [-0.4, -0.2) is 48.1 Å². The summed E-state index contributed by atoms with van der Waals surface area (Å²) in [4.78, 5) is 28.1.